The summed E-state index contributed by atoms with van der Waals surface area (Å²) in [5.74, 6) is -0.297. The summed E-state index contributed by atoms with van der Waals surface area (Å²) in [5, 5.41) is 3.04. The van der Waals surface area contributed by atoms with Crippen molar-refractivity contribution in [2.75, 3.05) is 12.4 Å². The van der Waals surface area contributed by atoms with Crippen molar-refractivity contribution >= 4 is 11.7 Å². The summed E-state index contributed by atoms with van der Waals surface area (Å²) in [6.45, 7) is 3.53. The van der Waals surface area contributed by atoms with E-state index in [4.69, 9.17) is 0 Å². The molecule has 3 nitrogen and oxygen atoms in total. The summed E-state index contributed by atoms with van der Waals surface area (Å²) in [6.07, 6.45) is 0. The molecule has 0 spiro atoms. The molecule has 1 aromatic carbocycles. The van der Waals surface area contributed by atoms with Crippen molar-refractivity contribution in [3.8, 4) is 0 Å². The van der Waals surface area contributed by atoms with E-state index in [2.05, 4.69) is 16.1 Å². The van der Waals surface area contributed by atoms with Gasteiger partial charge in [0.2, 0.25) is 0 Å². The summed E-state index contributed by atoms with van der Waals surface area (Å²) >= 11 is 0. The van der Waals surface area contributed by atoms with Gasteiger partial charge in [0.15, 0.2) is 0 Å². The summed E-state index contributed by atoms with van der Waals surface area (Å²) in [6, 6.07) is 10.4. The molecule has 0 saturated carbocycles. The van der Waals surface area contributed by atoms with Crippen molar-refractivity contribution in [3.05, 3.63) is 30.3 Å². The number of esters is 1. The van der Waals surface area contributed by atoms with Gasteiger partial charge in [0.1, 0.15) is 5.54 Å². The van der Waals surface area contributed by atoms with Crippen LogP contribution in [0.3, 0.4) is 0 Å². The van der Waals surface area contributed by atoms with Crippen LogP contribution in [0.5, 0.6) is 0 Å². The molecule has 0 amide bonds. The molecule has 0 aromatic heterocycles. The molecule has 1 rings (SSSR count). The lowest BCUT2D eigenvalue weighted by Crippen LogP contribution is -2.41. The fourth-order valence-electron chi connectivity index (χ4n) is 1.11. The van der Waals surface area contributed by atoms with Crippen LogP contribution in [0.15, 0.2) is 24.3 Å². The zero-order valence-electron chi connectivity index (χ0n) is 8.63. The maximum atomic E-state index is 11.3. The van der Waals surface area contributed by atoms with Gasteiger partial charge in [0, 0.05) is 11.8 Å². The van der Waals surface area contributed by atoms with Crippen molar-refractivity contribution in [3.63, 3.8) is 0 Å². The van der Waals surface area contributed by atoms with E-state index in [0.29, 0.717) is 0 Å². The molecular weight excluding hydrogens is 178 g/mol. The predicted molar refractivity (Wildman–Crippen MR) is 55.0 cm³/mol. The second kappa shape index (κ2) is 4.13. The molecule has 0 atom stereocenters. The Hall–Kier alpha value is -1.51. The number of hydrogen-bond donors (Lipinski definition) is 1. The van der Waals surface area contributed by atoms with Gasteiger partial charge in [0.05, 0.1) is 7.11 Å². The number of carbonyl (C=O) groups excluding carboxylic acids is 1. The Morgan fingerprint density at radius 1 is 1.50 bits per heavy atom. The van der Waals surface area contributed by atoms with E-state index in [1.54, 1.807) is 19.9 Å². The first-order valence-electron chi connectivity index (χ1n) is 4.39. The fraction of sp³-hybridized carbons (Fsp3) is 0.364. The molecule has 0 fully saturated rings. The lowest BCUT2D eigenvalue weighted by atomic mass is 10.1. The average molecular weight is 192 g/mol. The molecule has 0 aliphatic carbocycles. The van der Waals surface area contributed by atoms with Crippen LogP contribution in [0.1, 0.15) is 13.8 Å². The third-order valence-electron chi connectivity index (χ3n) is 1.85. The molecule has 14 heavy (non-hydrogen) atoms. The van der Waals surface area contributed by atoms with Crippen LogP contribution in [-0.2, 0) is 9.53 Å². The van der Waals surface area contributed by atoms with Crippen LogP contribution in [0.4, 0.5) is 5.69 Å². The molecule has 1 aromatic rings. The normalized spacial score (nSPS) is 10.8. The van der Waals surface area contributed by atoms with Gasteiger partial charge in [-0.25, -0.2) is 4.79 Å². The largest absolute Gasteiger partial charge is 0.467 e. The molecule has 0 heterocycles. The highest BCUT2D eigenvalue weighted by Gasteiger charge is 2.28. The minimum Gasteiger partial charge on any atom is -0.467 e. The first-order valence-corrected chi connectivity index (χ1v) is 4.39. The van der Waals surface area contributed by atoms with E-state index in [9.17, 15) is 4.79 Å². The minimum absolute atomic E-state index is 0.297. The lowest BCUT2D eigenvalue weighted by Gasteiger charge is -2.24. The van der Waals surface area contributed by atoms with Gasteiger partial charge in [-0.1, -0.05) is 18.2 Å². The van der Waals surface area contributed by atoms with Gasteiger partial charge in [-0.05, 0) is 19.9 Å². The fourth-order valence-corrected chi connectivity index (χ4v) is 1.11. The topological polar surface area (TPSA) is 38.3 Å². The van der Waals surface area contributed by atoms with Crippen molar-refractivity contribution < 1.29 is 9.53 Å². The van der Waals surface area contributed by atoms with E-state index in [1.807, 2.05) is 18.2 Å². The summed E-state index contributed by atoms with van der Waals surface area (Å²) in [7, 11) is 1.38. The number of carbonyl (C=O) groups is 1. The number of methoxy groups -OCH3 is 1. The van der Waals surface area contributed by atoms with Crippen LogP contribution in [-0.4, -0.2) is 18.6 Å². The van der Waals surface area contributed by atoms with Crippen molar-refractivity contribution in [1.29, 1.82) is 0 Å². The third-order valence-corrected chi connectivity index (χ3v) is 1.85. The smallest absolute Gasteiger partial charge is 0.330 e. The lowest BCUT2D eigenvalue weighted by molar-refractivity contribution is -0.144. The zero-order chi connectivity index (χ0) is 10.6. The van der Waals surface area contributed by atoms with Gasteiger partial charge >= 0.3 is 5.97 Å². The van der Waals surface area contributed by atoms with Gasteiger partial charge in [-0.2, -0.15) is 0 Å². The summed E-state index contributed by atoms with van der Waals surface area (Å²) in [5.41, 5.74) is 0.0509. The number of para-hydroxylation sites is 1. The highest BCUT2D eigenvalue weighted by molar-refractivity contribution is 5.83. The zero-order valence-corrected chi connectivity index (χ0v) is 8.63. The summed E-state index contributed by atoms with van der Waals surface area (Å²) in [4.78, 5) is 11.3. The molecule has 0 bridgehead atoms. The summed E-state index contributed by atoms with van der Waals surface area (Å²) < 4.78 is 4.67. The number of nitrogens with one attached hydrogen (secondary N) is 1. The number of rotatable bonds is 3. The molecule has 75 valence electrons. The number of ether oxygens (including phenoxy) is 1. The van der Waals surface area contributed by atoms with Crippen LogP contribution >= 0.6 is 0 Å². The Bertz CT molecular complexity index is 306. The Balaban J connectivity index is 2.73. The molecule has 1 radical (unpaired) electrons. The number of benzene rings is 1. The van der Waals surface area contributed by atoms with Crippen molar-refractivity contribution in [1.82, 2.24) is 0 Å². The molecule has 0 aliphatic rings. The van der Waals surface area contributed by atoms with Gasteiger partial charge < -0.3 is 10.1 Å². The van der Waals surface area contributed by atoms with E-state index in [0.717, 1.165) is 5.69 Å². The SMILES string of the molecule is COC(=O)C(C)(C)Nc1[c]cccc1. The quantitative estimate of drug-likeness (QED) is 0.743. The molecular formula is C11H14NO2. The maximum absolute atomic E-state index is 11.3. The number of hydrogen-bond acceptors (Lipinski definition) is 3. The van der Waals surface area contributed by atoms with Crippen molar-refractivity contribution in [2.24, 2.45) is 0 Å². The standard InChI is InChI=1S/C11H14NO2/c1-11(2,10(13)14-3)12-9-7-5-4-6-8-9/h4-7,12H,1-3H3. The van der Waals surface area contributed by atoms with E-state index in [-0.39, 0.29) is 5.97 Å². The molecule has 0 saturated heterocycles. The van der Waals surface area contributed by atoms with E-state index >= 15 is 0 Å². The minimum atomic E-state index is -0.730. The van der Waals surface area contributed by atoms with Gasteiger partial charge in [-0.15, -0.1) is 0 Å². The second-order valence-electron chi connectivity index (χ2n) is 3.52. The van der Waals surface area contributed by atoms with Gasteiger partial charge in [-0.3, -0.25) is 0 Å². The average Bonchev–Trinajstić information content (AvgIpc) is 2.17. The number of anilines is 1. The van der Waals surface area contributed by atoms with E-state index < -0.39 is 5.54 Å². The van der Waals surface area contributed by atoms with Crippen LogP contribution in [0.2, 0.25) is 0 Å². The van der Waals surface area contributed by atoms with Crippen molar-refractivity contribution in [2.45, 2.75) is 19.4 Å². The Morgan fingerprint density at radius 3 is 2.71 bits per heavy atom. The maximum Gasteiger partial charge on any atom is 0.330 e. The van der Waals surface area contributed by atoms with Crippen LogP contribution in [0, 0.1) is 6.07 Å². The third kappa shape index (κ3) is 2.49. The molecule has 0 aliphatic heterocycles. The first-order chi connectivity index (χ1) is 6.56. The molecule has 0 unspecified atom stereocenters. The Labute approximate surface area is 84.1 Å². The molecule has 3 heteroatoms. The monoisotopic (exact) mass is 192 g/mol. The highest BCUT2D eigenvalue weighted by Crippen LogP contribution is 2.14. The predicted octanol–water partition coefficient (Wildman–Crippen LogP) is 1.85. The Morgan fingerprint density at radius 2 is 2.21 bits per heavy atom. The second-order valence-corrected chi connectivity index (χ2v) is 3.52. The Kier molecular flexibility index (Phi) is 3.12. The van der Waals surface area contributed by atoms with Crippen LogP contribution < -0.4 is 5.32 Å². The van der Waals surface area contributed by atoms with Crippen LogP contribution in [0.25, 0.3) is 0 Å². The molecule has 1 N–H and O–H groups in total. The highest BCUT2D eigenvalue weighted by atomic mass is 16.5. The first kappa shape index (κ1) is 10.6. The van der Waals surface area contributed by atoms with Gasteiger partial charge in [0.25, 0.3) is 0 Å². The van der Waals surface area contributed by atoms with E-state index in [1.165, 1.54) is 7.11 Å².